The first-order valence-corrected chi connectivity index (χ1v) is 7.80. The largest absolute Gasteiger partial charge is 0.357 e. The van der Waals surface area contributed by atoms with Crippen LogP contribution in [-0.4, -0.2) is 24.6 Å². The van der Waals surface area contributed by atoms with E-state index in [0.717, 1.165) is 18.9 Å². The van der Waals surface area contributed by atoms with E-state index in [1.54, 1.807) is 0 Å². The van der Waals surface area contributed by atoms with Crippen molar-refractivity contribution in [2.24, 2.45) is 0 Å². The van der Waals surface area contributed by atoms with Gasteiger partial charge in [0.2, 0.25) is 0 Å². The van der Waals surface area contributed by atoms with Gasteiger partial charge in [-0.25, -0.2) is 4.98 Å². The van der Waals surface area contributed by atoms with E-state index in [9.17, 15) is 0 Å². The standard InChI is InChI=1S/C16H27N3/c1-2-9-17-14-15-8-10-18-16(13-15)19-11-6-4-3-5-7-12-19/h8,10,13,17H,2-7,9,11-12,14H2,1H3. The van der Waals surface area contributed by atoms with Crippen LogP contribution < -0.4 is 10.2 Å². The molecule has 0 amide bonds. The van der Waals surface area contributed by atoms with Crippen molar-refractivity contribution in [3.8, 4) is 0 Å². The van der Waals surface area contributed by atoms with Crippen LogP contribution in [0.2, 0.25) is 0 Å². The summed E-state index contributed by atoms with van der Waals surface area (Å²) in [5.41, 5.74) is 1.35. The Labute approximate surface area is 117 Å². The Hall–Kier alpha value is -1.09. The molecule has 1 aromatic rings. The predicted octanol–water partition coefficient (Wildman–Crippen LogP) is 3.35. The quantitative estimate of drug-likeness (QED) is 0.824. The van der Waals surface area contributed by atoms with Gasteiger partial charge in [0.05, 0.1) is 0 Å². The van der Waals surface area contributed by atoms with Gasteiger partial charge >= 0.3 is 0 Å². The van der Waals surface area contributed by atoms with Crippen LogP contribution in [0.15, 0.2) is 18.3 Å². The molecule has 0 saturated carbocycles. The maximum absolute atomic E-state index is 4.56. The van der Waals surface area contributed by atoms with Gasteiger partial charge in [0, 0.05) is 25.8 Å². The lowest BCUT2D eigenvalue weighted by atomic mass is 10.1. The summed E-state index contributed by atoms with van der Waals surface area (Å²) in [4.78, 5) is 7.02. The second-order valence-electron chi connectivity index (χ2n) is 5.45. The van der Waals surface area contributed by atoms with Gasteiger partial charge in [-0.1, -0.05) is 26.2 Å². The fourth-order valence-corrected chi connectivity index (χ4v) is 2.63. The van der Waals surface area contributed by atoms with Crippen LogP contribution >= 0.6 is 0 Å². The van der Waals surface area contributed by atoms with Crippen molar-refractivity contribution in [1.29, 1.82) is 0 Å². The molecule has 1 aromatic heterocycles. The normalized spacial score (nSPS) is 17.0. The highest BCUT2D eigenvalue weighted by atomic mass is 15.2. The molecule has 1 saturated heterocycles. The molecule has 2 rings (SSSR count). The minimum absolute atomic E-state index is 0.956. The van der Waals surface area contributed by atoms with Crippen molar-refractivity contribution in [3.05, 3.63) is 23.9 Å². The second kappa shape index (κ2) is 8.16. The molecule has 0 unspecified atom stereocenters. The summed E-state index contributed by atoms with van der Waals surface area (Å²) in [6, 6.07) is 4.38. The number of pyridine rings is 1. The van der Waals surface area contributed by atoms with Crippen LogP contribution in [0.25, 0.3) is 0 Å². The minimum Gasteiger partial charge on any atom is -0.357 e. The third-order valence-corrected chi connectivity index (χ3v) is 3.75. The summed E-state index contributed by atoms with van der Waals surface area (Å²) in [6.07, 6.45) is 9.89. The van der Waals surface area contributed by atoms with Gasteiger partial charge in [-0.3, -0.25) is 0 Å². The van der Waals surface area contributed by atoms with E-state index in [1.807, 2.05) is 6.20 Å². The second-order valence-corrected chi connectivity index (χ2v) is 5.45. The molecule has 19 heavy (non-hydrogen) atoms. The van der Waals surface area contributed by atoms with E-state index in [1.165, 1.54) is 57.2 Å². The van der Waals surface area contributed by atoms with E-state index in [4.69, 9.17) is 0 Å². The van der Waals surface area contributed by atoms with Crippen molar-refractivity contribution in [1.82, 2.24) is 10.3 Å². The molecule has 0 radical (unpaired) electrons. The molecule has 0 aromatic carbocycles. The molecule has 2 heterocycles. The lowest BCUT2D eigenvalue weighted by Gasteiger charge is -2.26. The maximum atomic E-state index is 4.56. The molecule has 0 bridgehead atoms. The summed E-state index contributed by atoms with van der Waals surface area (Å²) in [5.74, 6) is 1.16. The van der Waals surface area contributed by atoms with Crippen molar-refractivity contribution in [3.63, 3.8) is 0 Å². The summed E-state index contributed by atoms with van der Waals surface area (Å²) in [7, 11) is 0. The van der Waals surface area contributed by atoms with E-state index in [0.29, 0.717) is 0 Å². The van der Waals surface area contributed by atoms with Crippen LogP contribution in [0.4, 0.5) is 5.82 Å². The predicted molar refractivity (Wildman–Crippen MR) is 81.5 cm³/mol. The van der Waals surface area contributed by atoms with E-state index in [-0.39, 0.29) is 0 Å². The molecule has 3 heteroatoms. The zero-order valence-electron chi connectivity index (χ0n) is 12.2. The number of nitrogens with one attached hydrogen (secondary N) is 1. The Balaban J connectivity index is 1.95. The summed E-state index contributed by atoms with van der Waals surface area (Å²) >= 11 is 0. The SMILES string of the molecule is CCCNCc1ccnc(N2CCCCCCC2)c1. The van der Waals surface area contributed by atoms with E-state index < -0.39 is 0 Å². The van der Waals surface area contributed by atoms with Gasteiger partial charge in [0.25, 0.3) is 0 Å². The first-order chi connectivity index (χ1) is 9.40. The number of hydrogen-bond donors (Lipinski definition) is 1. The molecule has 106 valence electrons. The van der Waals surface area contributed by atoms with Gasteiger partial charge < -0.3 is 10.2 Å². The average molecular weight is 261 g/mol. The molecule has 1 N–H and O–H groups in total. The molecule has 1 fully saturated rings. The van der Waals surface area contributed by atoms with Crippen molar-refractivity contribution in [2.75, 3.05) is 24.5 Å². The molecule has 1 aliphatic rings. The van der Waals surface area contributed by atoms with E-state index >= 15 is 0 Å². The van der Waals surface area contributed by atoms with Crippen molar-refractivity contribution >= 4 is 5.82 Å². The number of anilines is 1. The van der Waals surface area contributed by atoms with Gasteiger partial charge in [-0.05, 0) is 43.5 Å². The molecule has 0 atom stereocenters. The molecule has 1 aliphatic heterocycles. The average Bonchev–Trinajstić information content (AvgIpc) is 2.39. The molecular formula is C16H27N3. The highest BCUT2D eigenvalue weighted by Gasteiger charge is 2.10. The van der Waals surface area contributed by atoms with Gasteiger partial charge in [-0.15, -0.1) is 0 Å². The number of hydrogen-bond acceptors (Lipinski definition) is 3. The Morgan fingerprint density at radius 3 is 2.63 bits per heavy atom. The van der Waals surface area contributed by atoms with Crippen LogP contribution in [0.1, 0.15) is 51.0 Å². The lowest BCUT2D eigenvalue weighted by molar-refractivity contribution is 0.553. The Kier molecular flexibility index (Phi) is 6.15. The number of rotatable bonds is 5. The molecule has 3 nitrogen and oxygen atoms in total. The fourth-order valence-electron chi connectivity index (χ4n) is 2.63. The number of nitrogens with zero attached hydrogens (tertiary/aromatic N) is 2. The summed E-state index contributed by atoms with van der Waals surface area (Å²) < 4.78 is 0. The van der Waals surface area contributed by atoms with Crippen molar-refractivity contribution in [2.45, 2.75) is 52.0 Å². The van der Waals surface area contributed by atoms with Gasteiger partial charge in [0.15, 0.2) is 0 Å². The monoisotopic (exact) mass is 261 g/mol. The highest BCUT2D eigenvalue weighted by Crippen LogP contribution is 2.18. The zero-order valence-corrected chi connectivity index (χ0v) is 12.2. The Morgan fingerprint density at radius 2 is 1.89 bits per heavy atom. The Bertz CT molecular complexity index is 357. The summed E-state index contributed by atoms with van der Waals surface area (Å²) in [5, 5.41) is 3.46. The highest BCUT2D eigenvalue weighted by molar-refractivity contribution is 5.41. The molecule has 0 spiro atoms. The first kappa shape index (κ1) is 14.3. The Morgan fingerprint density at radius 1 is 1.16 bits per heavy atom. The minimum atomic E-state index is 0.956. The zero-order chi connectivity index (χ0) is 13.3. The smallest absolute Gasteiger partial charge is 0.128 e. The molecular weight excluding hydrogens is 234 g/mol. The third kappa shape index (κ3) is 4.83. The first-order valence-electron chi connectivity index (χ1n) is 7.80. The third-order valence-electron chi connectivity index (χ3n) is 3.75. The summed E-state index contributed by atoms with van der Waals surface area (Å²) in [6.45, 7) is 6.57. The maximum Gasteiger partial charge on any atom is 0.128 e. The van der Waals surface area contributed by atoms with Gasteiger partial charge in [0.1, 0.15) is 5.82 Å². The van der Waals surface area contributed by atoms with E-state index in [2.05, 4.69) is 34.3 Å². The topological polar surface area (TPSA) is 28.2 Å². The lowest BCUT2D eigenvalue weighted by Crippen LogP contribution is -2.28. The van der Waals surface area contributed by atoms with Crippen LogP contribution in [0.3, 0.4) is 0 Å². The van der Waals surface area contributed by atoms with Crippen LogP contribution in [-0.2, 0) is 6.54 Å². The van der Waals surface area contributed by atoms with Crippen LogP contribution in [0.5, 0.6) is 0 Å². The number of aromatic nitrogens is 1. The fraction of sp³-hybridized carbons (Fsp3) is 0.688. The van der Waals surface area contributed by atoms with Crippen LogP contribution in [0, 0.1) is 0 Å². The van der Waals surface area contributed by atoms with Crippen molar-refractivity contribution < 1.29 is 0 Å². The van der Waals surface area contributed by atoms with Gasteiger partial charge in [-0.2, -0.15) is 0 Å². The molecule has 0 aliphatic carbocycles.